The second-order valence-electron chi connectivity index (χ2n) is 3.96. The van der Waals surface area contributed by atoms with Crippen molar-refractivity contribution in [3.05, 3.63) is 35.6 Å². The molecule has 0 aliphatic heterocycles. The van der Waals surface area contributed by atoms with Gasteiger partial charge in [-0.3, -0.25) is 0 Å². The summed E-state index contributed by atoms with van der Waals surface area (Å²) < 4.78 is 23.0. The molecule has 0 amide bonds. The second kappa shape index (κ2) is 7.37. The van der Waals surface area contributed by atoms with E-state index in [9.17, 15) is 4.39 Å². The Morgan fingerprint density at radius 2 is 1.76 bits per heavy atom. The number of ether oxygens (including phenoxy) is 2. The van der Waals surface area contributed by atoms with Crippen molar-refractivity contribution >= 4 is 0 Å². The van der Waals surface area contributed by atoms with Gasteiger partial charge in [0.15, 0.2) is 6.29 Å². The standard InChI is InChI=1S/C13H20FNO2/c1-10(13(16-2)17-3)15-9-8-11-4-6-12(14)7-5-11/h4-7,10,13,15H,8-9H2,1-3H3. The summed E-state index contributed by atoms with van der Waals surface area (Å²) in [6.07, 6.45) is 0.605. The average molecular weight is 241 g/mol. The van der Waals surface area contributed by atoms with Crippen LogP contribution in [-0.4, -0.2) is 33.1 Å². The van der Waals surface area contributed by atoms with Crippen molar-refractivity contribution < 1.29 is 13.9 Å². The van der Waals surface area contributed by atoms with E-state index in [1.54, 1.807) is 26.4 Å². The van der Waals surface area contributed by atoms with Gasteiger partial charge in [-0.25, -0.2) is 4.39 Å². The SMILES string of the molecule is COC(OC)C(C)NCCc1ccc(F)cc1. The van der Waals surface area contributed by atoms with E-state index >= 15 is 0 Å². The fourth-order valence-corrected chi connectivity index (χ4v) is 1.70. The zero-order valence-corrected chi connectivity index (χ0v) is 10.6. The Kier molecular flexibility index (Phi) is 6.11. The molecule has 1 N–H and O–H groups in total. The maximum atomic E-state index is 12.7. The molecule has 0 saturated heterocycles. The van der Waals surface area contributed by atoms with Crippen molar-refractivity contribution in [3.8, 4) is 0 Å². The Labute approximate surface area is 102 Å². The van der Waals surface area contributed by atoms with Gasteiger partial charge in [0.2, 0.25) is 0 Å². The largest absolute Gasteiger partial charge is 0.354 e. The van der Waals surface area contributed by atoms with Gasteiger partial charge in [0, 0.05) is 14.2 Å². The molecule has 1 atom stereocenters. The lowest BCUT2D eigenvalue weighted by Crippen LogP contribution is -2.40. The molecule has 0 fully saturated rings. The highest BCUT2D eigenvalue weighted by molar-refractivity contribution is 5.16. The van der Waals surface area contributed by atoms with Gasteiger partial charge in [-0.2, -0.15) is 0 Å². The molecule has 1 unspecified atom stereocenters. The number of rotatable bonds is 7. The topological polar surface area (TPSA) is 30.5 Å². The highest BCUT2D eigenvalue weighted by Crippen LogP contribution is 2.04. The summed E-state index contributed by atoms with van der Waals surface area (Å²) in [5.74, 6) is -0.200. The molecule has 0 heterocycles. The van der Waals surface area contributed by atoms with Crippen molar-refractivity contribution in [3.63, 3.8) is 0 Å². The number of halogens is 1. The molecular weight excluding hydrogens is 221 g/mol. The molecule has 1 rings (SSSR count). The summed E-state index contributed by atoms with van der Waals surface area (Å²) in [5.41, 5.74) is 1.11. The lowest BCUT2D eigenvalue weighted by molar-refractivity contribution is -0.119. The van der Waals surface area contributed by atoms with E-state index in [1.807, 2.05) is 6.92 Å². The van der Waals surface area contributed by atoms with Crippen LogP contribution < -0.4 is 5.32 Å². The average Bonchev–Trinajstić information content (AvgIpc) is 2.33. The Bertz CT molecular complexity index is 312. The minimum absolute atomic E-state index is 0.116. The van der Waals surface area contributed by atoms with E-state index in [4.69, 9.17) is 9.47 Å². The van der Waals surface area contributed by atoms with E-state index in [2.05, 4.69) is 5.32 Å². The van der Waals surface area contributed by atoms with E-state index < -0.39 is 0 Å². The predicted molar refractivity (Wildman–Crippen MR) is 65.4 cm³/mol. The van der Waals surface area contributed by atoms with Crippen LogP contribution in [0.15, 0.2) is 24.3 Å². The van der Waals surface area contributed by atoms with E-state index in [0.717, 1.165) is 18.5 Å². The fraction of sp³-hybridized carbons (Fsp3) is 0.538. The Morgan fingerprint density at radius 1 is 1.18 bits per heavy atom. The van der Waals surface area contributed by atoms with E-state index in [0.29, 0.717) is 0 Å². The zero-order valence-electron chi connectivity index (χ0n) is 10.6. The second-order valence-corrected chi connectivity index (χ2v) is 3.96. The van der Waals surface area contributed by atoms with Crippen molar-refractivity contribution in [2.24, 2.45) is 0 Å². The van der Waals surface area contributed by atoms with Crippen molar-refractivity contribution in [1.82, 2.24) is 5.32 Å². The molecule has 17 heavy (non-hydrogen) atoms. The third-order valence-electron chi connectivity index (χ3n) is 2.67. The van der Waals surface area contributed by atoms with Gasteiger partial charge in [-0.1, -0.05) is 12.1 Å². The first-order valence-corrected chi connectivity index (χ1v) is 5.70. The zero-order chi connectivity index (χ0) is 12.7. The fourth-order valence-electron chi connectivity index (χ4n) is 1.70. The molecule has 1 aromatic carbocycles. The number of benzene rings is 1. The van der Waals surface area contributed by atoms with Crippen LogP contribution in [0.25, 0.3) is 0 Å². The number of nitrogens with one attached hydrogen (secondary N) is 1. The van der Waals surface area contributed by atoms with Crippen molar-refractivity contribution in [2.75, 3.05) is 20.8 Å². The molecule has 0 radical (unpaired) electrons. The molecule has 3 nitrogen and oxygen atoms in total. The van der Waals surface area contributed by atoms with Crippen molar-refractivity contribution in [2.45, 2.75) is 25.7 Å². The van der Waals surface area contributed by atoms with Gasteiger partial charge in [0.05, 0.1) is 6.04 Å². The predicted octanol–water partition coefficient (Wildman–Crippen LogP) is 1.97. The van der Waals surface area contributed by atoms with Gasteiger partial charge in [-0.15, -0.1) is 0 Å². The van der Waals surface area contributed by atoms with Gasteiger partial charge >= 0.3 is 0 Å². The van der Waals surface area contributed by atoms with E-state index in [1.165, 1.54) is 12.1 Å². The number of hydrogen-bond donors (Lipinski definition) is 1. The molecule has 0 aliphatic carbocycles. The third-order valence-corrected chi connectivity index (χ3v) is 2.67. The van der Waals surface area contributed by atoms with Crippen LogP contribution in [0.5, 0.6) is 0 Å². The molecule has 0 bridgehead atoms. The lowest BCUT2D eigenvalue weighted by atomic mass is 10.1. The summed E-state index contributed by atoms with van der Waals surface area (Å²) in [5, 5.41) is 3.30. The van der Waals surface area contributed by atoms with Gasteiger partial charge in [-0.05, 0) is 37.6 Å². The quantitative estimate of drug-likeness (QED) is 0.740. The van der Waals surface area contributed by atoms with Crippen LogP contribution in [0.3, 0.4) is 0 Å². The molecule has 4 heteroatoms. The molecule has 0 aromatic heterocycles. The third kappa shape index (κ3) is 4.81. The summed E-state index contributed by atoms with van der Waals surface area (Å²) in [6, 6.07) is 6.67. The first-order valence-electron chi connectivity index (χ1n) is 5.70. The normalized spacial score (nSPS) is 13.0. The number of hydrogen-bond acceptors (Lipinski definition) is 3. The molecule has 1 aromatic rings. The highest BCUT2D eigenvalue weighted by Gasteiger charge is 2.14. The first kappa shape index (κ1) is 14.1. The maximum absolute atomic E-state index is 12.7. The molecule has 0 saturated carbocycles. The first-order chi connectivity index (χ1) is 8.17. The maximum Gasteiger partial charge on any atom is 0.171 e. The Balaban J connectivity index is 2.30. The molecular formula is C13H20FNO2. The minimum Gasteiger partial charge on any atom is -0.354 e. The van der Waals surface area contributed by atoms with Crippen LogP contribution in [0.1, 0.15) is 12.5 Å². The molecule has 0 aliphatic rings. The van der Waals surface area contributed by atoms with Crippen molar-refractivity contribution in [1.29, 1.82) is 0 Å². The van der Waals surface area contributed by atoms with Crippen LogP contribution in [0.2, 0.25) is 0 Å². The van der Waals surface area contributed by atoms with Crippen LogP contribution in [-0.2, 0) is 15.9 Å². The summed E-state index contributed by atoms with van der Waals surface area (Å²) in [7, 11) is 3.23. The Morgan fingerprint density at radius 3 is 2.29 bits per heavy atom. The highest BCUT2D eigenvalue weighted by atomic mass is 19.1. The Hall–Kier alpha value is -0.970. The van der Waals surface area contributed by atoms with Gasteiger partial charge in [0.1, 0.15) is 5.82 Å². The number of methoxy groups -OCH3 is 2. The van der Waals surface area contributed by atoms with Crippen LogP contribution >= 0.6 is 0 Å². The van der Waals surface area contributed by atoms with Gasteiger partial charge < -0.3 is 14.8 Å². The summed E-state index contributed by atoms with van der Waals surface area (Å²) in [4.78, 5) is 0. The van der Waals surface area contributed by atoms with E-state index in [-0.39, 0.29) is 18.1 Å². The summed E-state index contributed by atoms with van der Waals surface area (Å²) in [6.45, 7) is 2.80. The lowest BCUT2D eigenvalue weighted by Gasteiger charge is -2.22. The smallest absolute Gasteiger partial charge is 0.171 e. The molecule has 0 spiro atoms. The monoisotopic (exact) mass is 241 g/mol. The van der Waals surface area contributed by atoms with Gasteiger partial charge in [0.25, 0.3) is 0 Å². The van der Waals surface area contributed by atoms with Crippen LogP contribution in [0, 0.1) is 5.82 Å². The summed E-state index contributed by atoms with van der Waals surface area (Å²) >= 11 is 0. The molecule has 96 valence electrons. The minimum atomic E-state index is -0.247. The van der Waals surface area contributed by atoms with Crippen LogP contribution in [0.4, 0.5) is 4.39 Å².